The van der Waals surface area contributed by atoms with Crippen LogP contribution in [0.3, 0.4) is 0 Å². The molecule has 0 spiro atoms. The summed E-state index contributed by atoms with van der Waals surface area (Å²) in [5.41, 5.74) is 0.824. The van der Waals surface area contributed by atoms with E-state index >= 15 is 0 Å². The molecule has 1 unspecified atom stereocenters. The molecule has 122 valence electrons. The number of hydrogen-bond acceptors (Lipinski definition) is 6. The van der Waals surface area contributed by atoms with Gasteiger partial charge >= 0.3 is 0 Å². The molecule has 1 aromatic carbocycles. The Bertz CT molecular complexity index is 706. The maximum atomic E-state index is 6.02. The van der Waals surface area contributed by atoms with Gasteiger partial charge in [-0.25, -0.2) is 0 Å². The van der Waals surface area contributed by atoms with Crippen molar-refractivity contribution in [1.82, 2.24) is 15.0 Å². The molecule has 0 bridgehead atoms. The first kappa shape index (κ1) is 16.3. The molecule has 2 heterocycles. The van der Waals surface area contributed by atoms with Crippen LogP contribution in [-0.2, 0) is 4.74 Å². The van der Waals surface area contributed by atoms with Gasteiger partial charge in [-0.15, -0.1) is 0 Å². The van der Waals surface area contributed by atoms with Crippen molar-refractivity contribution >= 4 is 28.5 Å². The predicted octanol–water partition coefficient (Wildman–Crippen LogP) is 3.11. The highest BCUT2D eigenvalue weighted by atomic mass is 35.5. The maximum Gasteiger partial charge on any atom is 0.252 e. The average Bonchev–Trinajstić information content (AvgIpc) is 3.06. The molecule has 0 N–H and O–H groups in total. The van der Waals surface area contributed by atoms with Gasteiger partial charge in [0.2, 0.25) is 5.82 Å². The lowest BCUT2D eigenvalue weighted by Gasteiger charge is -2.34. The van der Waals surface area contributed by atoms with Gasteiger partial charge in [0.25, 0.3) is 5.89 Å². The summed E-state index contributed by atoms with van der Waals surface area (Å²) in [5.74, 6) is 1.04. The molecule has 3 rings (SSSR count). The van der Waals surface area contributed by atoms with Crippen LogP contribution in [0.15, 0.2) is 33.8 Å². The summed E-state index contributed by atoms with van der Waals surface area (Å²) in [6, 6.07) is 7.25. The topological polar surface area (TPSA) is 63.8 Å². The van der Waals surface area contributed by atoms with E-state index < -0.39 is 0 Å². The minimum absolute atomic E-state index is 0.129. The van der Waals surface area contributed by atoms with Crippen LogP contribution in [0.1, 0.15) is 11.9 Å². The Morgan fingerprint density at radius 2 is 2.35 bits per heavy atom. The minimum Gasteiger partial charge on any atom is -0.377 e. The second-order valence-electron chi connectivity index (χ2n) is 4.96. The molecule has 1 fully saturated rings. The molecule has 2 aromatic rings. The average molecular weight is 353 g/mol. The maximum absolute atomic E-state index is 6.02. The van der Waals surface area contributed by atoms with Crippen LogP contribution in [0.25, 0.3) is 11.4 Å². The monoisotopic (exact) mass is 352 g/mol. The molecule has 1 aliphatic heterocycles. The van der Waals surface area contributed by atoms with E-state index in [1.54, 1.807) is 18.8 Å². The number of aromatic nitrogens is 2. The van der Waals surface area contributed by atoms with E-state index in [1.165, 1.54) is 0 Å². The van der Waals surface area contributed by atoms with E-state index in [2.05, 4.69) is 20.0 Å². The number of halogens is 1. The largest absolute Gasteiger partial charge is 0.377 e. The Morgan fingerprint density at radius 1 is 1.48 bits per heavy atom. The molecular weight excluding hydrogens is 336 g/mol. The molecule has 0 amide bonds. The fourth-order valence-corrected chi connectivity index (χ4v) is 3.32. The van der Waals surface area contributed by atoms with Crippen LogP contribution in [-0.4, -0.2) is 53.3 Å². The summed E-state index contributed by atoms with van der Waals surface area (Å²) in [6.45, 7) is 1.90. The fourth-order valence-electron chi connectivity index (χ4n) is 2.49. The molecule has 1 aliphatic rings. The standard InChI is InChI=1S/C15H17ClN4O2S/c1-17-15(23-2)20-6-7-21-9-12(20)14-18-13(19-22-14)10-4-3-5-11(16)8-10/h3-5,8,12H,6-7,9H2,1-2H3/b17-15-. The summed E-state index contributed by atoms with van der Waals surface area (Å²) >= 11 is 7.61. The number of nitrogens with zero attached hydrogens (tertiary/aromatic N) is 4. The first-order chi connectivity index (χ1) is 11.2. The van der Waals surface area contributed by atoms with Gasteiger partial charge in [0.1, 0.15) is 6.04 Å². The van der Waals surface area contributed by atoms with E-state index in [0.29, 0.717) is 30.0 Å². The van der Waals surface area contributed by atoms with E-state index in [-0.39, 0.29) is 6.04 Å². The van der Waals surface area contributed by atoms with Crippen molar-refractivity contribution < 1.29 is 9.26 Å². The number of hydrogen-bond donors (Lipinski definition) is 0. The first-order valence-electron chi connectivity index (χ1n) is 7.17. The highest BCUT2D eigenvalue weighted by molar-refractivity contribution is 8.13. The summed E-state index contributed by atoms with van der Waals surface area (Å²) in [6.07, 6.45) is 2.00. The van der Waals surface area contributed by atoms with E-state index in [4.69, 9.17) is 20.9 Å². The molecule has 0 aliphatic carbocycles. The molecule has 1 atom stereocenters. The quantitative estimate of drug-likeness (QED) is 0.611. The Labute approximate surface area is 143 Å². The van der Waals surface area contributed by atoms with Crippen molar-refractivity contribution in [1.29, 1.82) is 0 Å². The highest BCUT2D eigenvalue weighted by Gasteiger charge is 2.31. The lowest BCUT2D eigenvalue weighted by molar-refractivity contribution is 0.0154. The normalized spacial score (nSPS) is 19.2. The summed E-state index contributed by atoms with van der Waals surface area (Å²) in [7, 11) is 1.78. The number of amidine groups is 1. The van der Waals surface area contributed by atoms with Crippen molar-refractivity contribution in [3.63, 3.8) is 0 Å². The fraction of sp³-hybridized carbons (Fsp3) is 0.400. The third kappa shape index (κ3) is 3.52. The van der Waals surface area contributed by atoms with Crippen LogP contribution in [0, 0.1) is 0 Å². The third-order valence-electron chi connectivity index (χ3n) is 3.56. The third-order valence-corrected chi connectivity index (χ3v) is 4.57. The smallest absolute Gasteiger partial charge is 0.252 e. The molecule has 1 saturated heterocycles. The van der Waals surface area contributed by atoms with Gasteiger partial charge in [0.05, 0.1) is 13.2 Å². The minimum atomic E-state index is -0.129. The van der Waals surface area contributed by atoms with Crippen LogP contribution < -0.4 is 0 Å². The second-order valence-corrected chi connectivity index (χ2v) is 6.17. The number of ether oxygens (including phenoxy) is 1. The number of benzene rings is 1. The number of rotatable bonds is 2. The zero-order chi connectivity index (χ0) is 16.2. The van der Waals surface area contributed by atoms with Crippen LogP contribution in [0.5, 0.6) is 0 Å². The number of morpholine rings is 1. The Balaban J connectivity index is 1.88. The van der Waals surface area contributed by atoms with Crippen molar-refractivity contribution in [2.45, 2.75) is 6.04 Å². The molecule has 8 heteroatoms. The van der Waals surface area contributed by atoms with Gasteiger partial charge in [-0.3, -0.25) is 4.99 Å². The van der Waals surface area contributed by atoms with Crippen LogP contribution >= 0.6 is 23.4 Å². The Morgan fingerprint density at radius 3 is 3.09 bits per heavy atom. The lowest BCUT2D eigenvalue weighted by Crippen LogP contribution is -2.42. The Kier molecular flexibility index (Phi) is 5.20. The van der Waals surface area contributed by atoms with Crippen LogP contribution in [0.4, 0.5) is 0 Å². The molecule has 23 heavy (non-hydrogen) atoms. The van der Waals surface area contributed by atoms with Crippen molar-refractivity contribution in [2.24, 2.45) is 4.99 Å². The van der Waals surface area contributed by atoms with Crippen molar-refractivity contribution in [3.05, 3.63) is 35.2 Å². The summed E-state index contributed by atoms with van der Waals surface area (Å²) in [5, 5.41) is 5.64. The van der Waals surface area contributed by atoms with Gasteiger partial charge in [-0.05, 0) is 18.4 Å². The highest BCUT2D eigenvalue weighted by Crippen LogP contribution is 2.28. The van der Waals surface area contributed by atoms with Crippen molar-refractivity contribution in [3.8, 4) is 11.4 Å². The number of aliphatic imine (C=N–C) groups is 1. The zero-order valence-corrected chi connectivity index (χ0v) is 14.5. The van der Waals surface area contributed by atoms with Crippen molar-refractivity contribution in [2.75, 3.05) is 33.1 Å². The van der Waals surface area contributed by atoms with Gasteiger partial charge < -0.3 is 14.2 Å². The lowest BCUT2D eigenvalue weighted by atomic mass is 10.2. The van der Waals surface area contributed by atoms with E-state index in [0.717, 1.165) is 17.3 Å². The molecular formula is C15H17ClN4O2S. The second kappa shape index (κ2) is 7.33. The Hall–Kier alpha value is -1.57. The van der Waals surface area contributed by atoms with E-state index in [1.807, 2.05) is 30.5 Å². The summed E-state index contributed by atoms with van der Waals surface area (Å²) < 4.78 is 11.1. The van der Waals surface area contributed by atoms with E-state index in [9.17, 15) is 0 Å². The van der Waals surface area contributed by atoms with Gasteiger partial charge in [0.15, 0.2) is 5.17 Å². The van der Waals surface area contributed by atoms with Gasteiger partial charge in [-0.2, -0.15) is 4.98 Å². The molecule has 0 radical (unpaired) electrons. The first-order valence-corrected chi connectivity index (χ1v) is 8.78. The van der Waals surface area contributed by atoms with Gasteiger partial charge in [0, 0.05) is 24.2 Å². The van der Waals surface area contributed by atoms with Gasteiger partial charge in [-0.1, -0.05) is 40.7 Å². The molecule has 1 aromatic heterocycles. The van der Waals surface area contributed by atoms with Crippen LogP contribution in [0.2, 0.25) is 5.02 Å². The molecule has 0 saturated carbocycles. The SMILES string of the molecule is C/N=C(\SC)N1CCOCC1c1nc(-c2cccc(Cl)c2)no1. The summed E-state index contributed by atoms with van der Waals surface area (Å²) in [4.78, 5) is 11.0. The molecule has 6 nitrogen and oxygen atoms in total. The zero-order valence-electron chi connectivity index (χ0n) is 12.9. The predicted molar refractivity (Wildman–Crippen MR) is 91.9 cm³/mol. The number of thioether (sulfide) groups is 1.